The Labute approximate surface area is 148 Å². The molecular weight excluding hydrogens is 344 g/mol. The second kappa shape index (κ2) is 7.18. The maximum absolute atomic E-state index is 10.6. The van der Waals surface area contributed by atoms with Crippen LogP contribution in [0.4, 0.5) is 16.4 Å². The zero-order chi connectivity index (χ0) is 17.8. The summed E-state index contributed by atoms with van der Waals surface area (Å²) in [7, 11) is 1.82. The number of carbonyl (C=O) groups is 1. The molecule has 1 amide bonds. The van der Waals surface area contributed by atoms with Gasteiger partial charge in [-0.25, -0.2) is 14.8 Å². The summed E-state index contributed by atoms with van der Waals surface area (Å²) in [6.45, 7) is 0.145. The van der Waals surface area contributed by atoms with E-state index in [4.69, 9.17) is 16.7 Å². The van der Waals surface area contributed by atoms with Crippen molar-refractivity contribution in [1.29, 1.82) is 0 Å². The number of amides is 1. The highest BCUT2D eigenvalue weighted by molar-refractivity contribution is 6.31. The second-order valence-corrected chi connectivity index (χ2v) is 5.67. The third-order valence-corrected chi connectivity index (χ3v) is 3.75. The van der Waals surface area contributed by atoms with E-state index in [0.717, 1.165) is 11.3 Å². The summed E-state index contributed by atoms with van der Waals surface area (Å²) in [6, 6.07) is 7.12. The first-order valence-corrected chi connectivity index (χ1v) is 7.73. The van der Waals surface area contributed by atoms with E-state index in [-0.39, 0.29) is 6.54 Å². The van der Waals surface area contributed by atoms with Gasteiger partial charge >= 0.3 is 6.09 Å². The molecule has 2 aromatic heterocycles. The van der Waals surface area contributed by atoms with Crippen molar-refractivity contribution in [2.45, 2.75) is 6.54 Å². The summed E-state index contributed by atoms with van der Waals surface area (Å²) in [6.07, 6.45) is 4.05. The first kappa shape index (κ1) is 16.7. The van der Waals surface area contributed by atoms with Crippen molar-refractivity contribution in [3.05, 3.63) is 53.4 Å². The van der Waals surface area contributed by atoms with Crippen LogP contribution >= 0.6 is 11.6 Å². The standard InChI is InChI=1S/C16H15ClN6O2/c1-23-9-12(8-20-23)21-15-18-5-4-14(22-15)10-2-3-11(13(17)6-10)7-19-16(24)25/h2-6,8-9,19H,7H2,1H3,(H,24,25)(H,18,21,22). The average Bonchev–Trinajstić information content (AvgIpc) is 2.98. The molecule has 0 bridgehead atoms. The Morgan fingerprint density at radius 1 is 1.36 bits per heavy atom. The van der Waals surface area contributed by atoms with Crippen LogP contribution in [-0.2, 0) is 13.6 Å². The number of rotatable bonds is 5. The highest BCUT2D eigenvalue weighted by Crippen LogP contribution is 2.25. The summed E-state index contributed by atoms with van der Waals surface area (Å²) in [5, 5.41) is 18.6. The van der Waals surface area contributed by atoms with Crippen molar-refractivity contribution >= 4 is 29.3 Å². The summed E-state index contributed by atoms with van der Waals surface area (Å²) in [5.74, 6) is 0.443. The fourth-order valence-electron chi connectivity index (χ4n) is 2.22. The number of nitrogens with zero attached hydrogens (tertiary/aromatic N) is 4. The fraction of sp³-hybridized carbons (Fsp3) is 0.125. The molecule has 0 aliphatic carbocycles. The van der Waals surface area contributed by atoms with E-state index in [0.29, 0.717) is 22.2 Å². The van der Waals surface area contributed by atoms with Gasteiger partial charge in [0.25, 0.3) is 0 Å². The lowest BCUT2D eigenvalue weighted by Gasteiger charge is -2.08. The molecule has 0 radical (unpaired) electrons. The lowest BCUT2D eigenvalue weighted by Crippen LogP contribution is -2.20. The minimum absolute atomic E-state index is 0.145. The van der Waals surface area contributed by atoms with Gasteiger partial charge < -0.3 is 15.7 Å². The van der Waals surface area contributed by atoms with Crippen LogP contribution in [0.1, 0.15) is 5.56 Å². The maximum atomic E-state index is 10.6. The van der Waals surface area contributed by atoms with Crippen LogP contribution in [0.3, 0.4) is 0 Å². The molecule has 8 nitrogen and oxygen atoms in total. The molecule has 0 saturated carbocycles. The van der Waals surface area contributed by atoms with Crippen molar-refractivity contribution in [2.75, 3.05) is 5.32 Å². The van der Waals surface area contributed by atoms with Gasteiger partial charge in [-0.15, -0.1) is 0 Å². The van der Waals surface area contributed by atoms with Gasteiger partial charge in [-0.2, -0.15) is 5.10 Å². The predicted molar refractivity (Wildman–Crippen MR) is 93.8 cm³/mol. The Morgan fingerprint density at radius 3 is 2.88 bits per heavy atom. The molecule has 0 spiro atoms. The van der Waals surface area contributed by atoms with Gasteiger partial charge in [0.1, 0.15) is 0 Å². The van der Waals surface area contributed by atoms with Crippen LogP contribution in [-0.4, -0.2) is 30.9 Å². The normalized spacial score (nSPS) is 10.5. The van der Waals surface area contributed by atoms with E-state index in [9.17, 15) is 4.79 Å². The monoisotopic (exact) mass is 358 g/mol. The number of anilines is 2. The third-order valence-electron chi connectivity index (χ3n) is 3.40. The molecule has 2 heterocycles. The van der Waals surface area contributed by atoms with Gasteiger partial charge in [0.15, 0.2) is 0 Å². The zero-order valence-corrected chi connectivity index (χ0v) is 14.0. The van der Waals surface area contributed by atoms with Gasteiger partial charge in [-0.05, 0) is 17.7 Å². The predicted octanol–water partition coefficient (Wildman–Crippen LogP) is 3.04. The molecule has 0 aliphatic rings. The van der Waals surface area contributed by atoms with E-state index in [1.54, 1.807) is 35.3 Å². The van der Waals surface area contributed by atoms with Gasteiger partial charge in [-0.1, -0.05) is 23.7 Å². The van der Waals surface area contributed by atoms with E-state index < -0.39 is 6.09 Å². The minimum atomic E-state index is -1.10. The molecule has 0 atom stereocenters. The number of benzene rings is 1. The number of halogens is 1. The highest BCUT2D eigenvalue weighted by Gasteiger charge is 2.08. The second-order valence-electron chi connectivity index (χ2n) is 5.26. The molecule has 128 valence electrons. The number of hydrogen-bond donors (Lipinski definition) is 3. The van der Waals surface area contributed by atoms with Gasteiger partial charge in [0.2, 0.25) is 5.95 Å². The van der Waals surface area contributed by atoms with Crippen molar-refractivity contribution in [2.24, 2.45) is 7.05 Å². The lowest BCUT2D eigenvalue weighted by atomic mass is 10.1. The zero-order valence-electron chi connectivity index (χ0n) is 13.3. The summed E-state index contributed by atoms with van der Waals surface area (Å²) >= 11 is 6.23. The average molecular weight is 359 g/mol. The molecule has 1 aromatic carbocycles. The molecule has 25 heavy (non-hydrogen) atoms. The number of carboxylic acid groups (broad SMARTS) is 1. The van der Waals surface area contributed by atoms with Crippen LogP contribution in [0, 0.1) is 0 Å². The minimum Gasteiger partial charge on any atom is -0.465 e. The van der Waals surface area contributed by atoms with Crippen LogP contribution < -0.4 is 10.6 Å². The summed E-state index contributed by atoms with van der Waals surface area (Å²) < 4.78 is 1.68. The van der Waals surface area contributed by atoms with Crippen LogP contribution in [0.2, 0.25) is 5.02 Å². The van der Waals surface area contributed by atoms with Crippen LogP contribution in [0.15, 0.2) is 42.9 Å². The van der Waals surface area contributed by atoms with Gasteiger partial charge in [0.05, 0.1) is 17.6 Å². The molecular formula is C16H15ClN6O2. The summed E-state index contributed by atoms with van der Waals surface area (Å²) in [5.41, 5.74) is 2.98. The lowest BCUT2D eigenvalue weighted by molar-refractivity contribution is 0.194. The van der Waals surface area contributed by atoms with E-state index in [1.807, 2.05) is 19.3 Å². The Morgan fingerprint density at radius 2 is 2.20 bits per heavy atom. The first-order valence-electron chi connectivity index (χ1n) is 7.35. The molecule has 0 saturated heterocycles. The maximum Gasteiger partial charge on any atom is 0.404 e. The van der Waals surface area contributed by atoms with Gasteiger partial charge in [0, 0.05) is 36.6 Å². The Hall–Kier alpha value is -3.13. The molecule has 0 fully saturated rings. The molecule has 0 unspecified atom stereocenters. The third kappa shape index (κ3) is 4.24. The topological polar surface area (TPSA) is 105 Å². The Kier molecular flexibility index (Phi) is 4.80. The van der Waals surface area contributed by atoms with E-state index in [2.05, 4.69) is 25.7 Å². The van der Waals surface area contributed by atoms with E-state index >= 15 is 0 Å². The quantitative estimate of drug-likeness (QED) is 0.647. The van der Waals surface area contributed by atoms with Crippen molar-refractivity contribution in [3.8, 4) is 11.3 Å². The molecule has 0 aliphatic heterocycles. The van der Waals surface area contributed by atoms with E-state index in [1.165, 1.54) is 0 Å². The van der Waals surface area contributed by atoms with Crippen molar-refractivity contribution in [3.63, 3.8) is 0 Å². The number of aryl methyl sites for hydroxylation is 1. The molecule has 3 rings (SSSR count). The first-order chi connectivity index (χ1) is 12.0. The smallest absolute Gasteiger partial charge is 0.404 e. The van der Waals surface area contributed by atoms with Crippen LogP contribution in [0.5, 0.6) is 0 Å². The number of hydrogen-bond acceptors (Lipinski definition) is 5. The van der Waals surface area contributed by atoms with Crippen molar-refractivity contribution in [1.82, 2.24) is 25.1 Å². The molecule has 3 N–H and O–H groups in total. The SMILES string of the molecule is Cn1cc(Nc2nccc(-c3ccc(CNC(=O)O)c(Cl)c3)n2)cn1. The highest BCUT2D eigenvalue weighted by atomic mass is 35.5. The van der Waals surface area contributed by atoms with Crippen molar-refractivity contribution < 1.29 is 9.90 Å². The molecule has 3 aromatic rings. The number of aromatic nitrogens is 4. The Balaban J connectivity index is 1.80. The fourth-order valence-corrected chi connectivity index (χ4v) is 2.46. The number of nitrogens with one attached hydrogen (secondary N) is 2. The summed E-state index contributed by atoms with van der Waals surface area (Å²) in [4.78, 5) is 19.2. The van der Waals surface area contributed by atoms with Crippen LogP contribution in [0.25, 0.3) is 11.3 Å². The van der Waals surface area contributed by atoms with Gasteiger partial charge in [-0.3, -0.25) is 4.68 Å². The molecule has 9 heteroatoms. The Bertz CT molecular complexity index is 911. The largest absolute Gasteiger partial charge is 0.465 e.